The van der Waals surface area contributed by atoms with Gasteiger partial charge >= 0.3 is 6.18 Å². The van der Waals surface area contributed by atoms with E-state index in [1.54, 1.807) is 6.92 Å². The van der Waals surface area contributed by atoms with Gasteiger partial charge in [0.2, 0.25) is 5.43 Å². The second-order valence-electron chi connectivity index (χ2n) is 6.56. The molecule has 1 aromatic carbocycles. The molecule has 2 heterocycles. The largest absolute Gasteiger partial charge is 0.416 e. The average molecular weight is 417 g/mol. The Balaban J connectivity index is 0.00000280. The van der Waals surface area contributed by atoms with E-state index in [4.69, 9.17) is 0 Å². The van der Waals surface area contributed by atoms with Crippen molar-refractivity contribution >= 4 is 18.3 Å². The second-order valence-corrected chi connectivity index (χ2v) is 6.56. The van der Waals surface area contributed by atoms with Gasteiger partial charge in [0.25, 0.3) is 5.91 Å². The SMILES string of the molecule is Cc1cc(=O)c(C(=O)N2CCNC(C)C2)nn1-c1cccc(C(F)(F)F)c1.Cl. The molecule has 2 aromatic rings. The van der Waals surface area contributed by atoms with Crippen LogP contribution in [0.25, 0.3) is 5.69 Å². The molecule has 1 fully saturated rings. The summed E-state index contributed by atoms with van der Waals surface area (Å²) >= 11 is 0. The Morgan fingerprint density at radius 1 is 1.29 bits per heavy atom. The number of carbonyl (C=O) groups excluding carboxylic acids is 1. The molecular formula is C18H20ClF3N4O2. The molecule has 152 valence electrons. The van der Waals surface area contributed by atoms with Crippen LogP contribution in [-0.4, -0.2) is 46.3 Å². The first-order chi connectivity index (χ1) is 12.7. The van der Waals surface area contributed by atoms with Crippen molar-refractivity contribution in [1.82, 2.24) is 20.0 Å². The first kappa shape index (κ1) is 21.9. The van der Waals surface area contributed by atoms with E-state index in [9.17, 15) is 22.8 Å². The summed E-state index contributed by atoms with van der Waals surface area (Å²) in [5, 5.41) is 7.29. The Labute approximate surface area is 165 Å². The van der Waals surface area contributed by atoms with Gasteiger partial charge in [-0.05, 0) is 32.0 Å². The van der Waals surface area contributed by atoms with Crippen molar-refractivity contribution in [3.05, 3.63) is 57.5 Å². The van der Waals surface area contributed by atoms with Crippen molar-refractivity contribution in [3.8, 4) is 5.69 Å². The van der Waals surface area contributed by atoms with Gasteiger partial charge in [-0.25, -0.2) is 4.68 Å². The van der Waals surface area contributed by atoms with Crippen LogP contribution in [0.5, 0.6) is 0 Å². The molecule has 28 heavy (non-hydrogen) atoms. The van der Waals surface area contributed by atoms with E-state index in [2.05, 4.69) is 10.4 Å². The second kappa shape index (κ2) is 8.32. The average Bonchev–Trinajstić information content (AvgIpc) is 2.61. The number of hydrogen-bond acceptors (Lipinski definition) is 4. The maximum absolute atomic E-state index is 13.0. The van der Waals surface area contributed by atoms with Crippen molar-refractivity contribution < 1.29 is 18.0 Å². The highest BCUT2D eigenvalue weighted by atomic mass is 35.5. The molecule has 1 amide bonds. The number of halogens is 4. The zero-order valence-corrected chi connectivity index (χ0v) is 16.1. The van der Waals surface area contributed by atoms with Crippen LogP contribution < -0.4 is 10.7 Å². The molecule has 6 nitrogen and oxygen atoms in total. The maximum Gasteiger partial charge on any atom is 0.416 e. The fourth-order valence-corrected chi connectivity index (χ4v) is 3.04. The van der Waals surface area contributed by atoms with Gasteiger partial charge < -0.3 is 10.2 Å². The number of rotatable bonds is 2. The highest BCUT2D eigenvalue weighted by Crippen LogP contribution is 2.30. The van der Waals surface area contributed by atoms with Crippen LogP contribution in [0.3, 0.4) is 0 Å². The summed E-state index contributed by atoms with van der Waals surface area (Å²) in [5.41, 5.74) is -1.21. The summed E-state index contributed by atoms with van der Waals surface area (Å²) < 4.78 is 40.2. The van der Waals surface area contributed by atoms with E-state index in [1.807, 2.05) is 6.92 Å². The highest BCUT2D eigenvalue weighted by molar-refractivity contribution is 5.92. The minimum atomic E-state index is -4.50. The van der Waals surface area contributed by atoms with Crippen LogP contribution in [0.2, 0.25) is 0 Å². The Morgan fingerprint density at radius 3 is 2.64 bits per heavy atom. The van der Waals surface area contributed by atoms with Crippen molar-refractivity contribution in [2.45, 2.75) is 26.1 Å². The molecule has 0 saturated carbocycles. The lowest BCUT2D eigenvalue weighted by Crippen LogP contribution is -2.52. The number of carbonyl (C=O) groups is 1. The number of alkyl halides is 3. The van der Waals surface area contributed by atoms with Gasteiger partial charge in [-0.15, -0.1) is 12.4 Å². The van der Waals surface area contributed by atoms with Crippen LogP contribution in [0.15, 0.2) is 35.1 Å². The topological polar surface area (TPSA) is 67.2 Å². The smallest absolute Gasteiger partial charge is 0.334 e. The molecule has 1 aromatic heterocycles. The molecule has 0 bridgehead atoms. The Kier molecular flexibility index (Phi) is 6.51. The van der Waals surface area contributed by atoms with Gasteiger partial charge in [0.05, 0.1) is 11.3 Å². The fraction of sp³-hybridized carbons (Fsp3) is 0.389. The summed E-state index contributed by atoms with van der Waals surface area (Å²) in [6.45, 7) is 4.93. The first-order valence-corrected chi connectivity index (χ1v) is 8.48. The van der Waals surface area contributed by atoms with Gasteiger partial charge in [-0.2, -0.15) is 18.3 Å². The molecule has 10 heteroatoms. The van der Waals surface area contributed by atoms with E-state index < -0.39 is 23.1 Å². The molecule has 3 rings (SSSR count). The number of aryl methyl sites for hydroxylation is 1. The molecular weight excluding hydrogens is 397 g/mol. The quantitative estimate of drug-likeness (QED) is 0.816. The minimum absolute atomic E-state index is 0. The van der Waals surface area contributed by atoms with E-state index >= 15 is 0 Å². The highest BCUT2D eigenvalue weighted by Gasteiger charge is 2.31. The zero-order valence-electron chi connectivity index (χ0n) is 15.3. The van der Waals surface area contributed by atoms with Crippen LogP contribution in [0.4, 0.5) is 13.2 Å². The van der Waals surface area contributed by atoms with Crippen LogP contribution in [0, 0.1) is 6.92 Å². The summed E-state index contributed by atoms with van der Waals surface area (Å²) in [6, 6.07) is 5.89. The molecule has 1 unspecified atom stereocenters. The van der Waals surface area contributed by atoms with Crippen molar-refractivity contribution in [1.29, 1.82) is 0 Å². The van der Waals surface area contributed by atoms with E-state index in [0.29, 0.717) is 25.3 Å². The number of nitrogens with zero attached hydrogens (tertiary/aromatic N) is 3. The summed E-state index contributed by atoms with van der Waals surface area (Å²) in [5.74, 6) is -0.519. The normalized spacial score (nSPS) is 17.2. The lowest BCUT2D eigenvalue weighted by Gasteiger charge is -2.31. The van der Waals surface area contributed by atoms with Crippen molar-refractivity contribution in [2.24, 2.45) is 0 Å². The third-order valence-corrected chi connectivity index (χ3v) is 4.38. The van der Waals surface area contributed by atoms with Gasteiger partial charge in [0.1, 0.15) is 0 Å². The number of benzene rings is 1. The lowest BCUT2D eigenvalue weighted by molar-refractivity contribution is -0.137. The third kappa shape index (κ3) is 4.53. The van der Waals surface area contributed by atoms with E-state index in [-0.39, 0.29) is 29.8 Å². The van der Waals surface area contributed by atoms with Gasteiger partial charge in [-0.3, -0.25) is 9.59 Å². The molecule has 1 aliphatic heterocycles. The van der Waals surface area contributed by atoms with E-state index in [1.165, 1.54) is 27.8 Å². The first-order valence-electron chi connectivity index (χ1n) is 8.48. The van der Waals surface area contributed by atoms with Crippen LogP contribution in [-0.2, 0) is 6.18 Å². The van der Waals surface area contributed by atoms with Gasteiger partial charge in [-0.1, -0.05) is 6.07 Å². The van der Waals surface area contributed by atoms with Gasteiger partial charge in [0, 0.05) is 37.4 Å². The summed E-state index contributed by atoms with van der Waals surface area (Å²) in [4.78, 5) is 26.6. The van der Waals surface area contributed by atoms with Crippen molar-refractivity contribution in [2.75, 3.05) is 19.6 Å². The summed E-state index contributed by atoms with van der Waals surface area (Å²) in [6.07, 6.45) is -4.50. The zero-order chi connectivity index (χ0) is 19.8. The molecule has 0 radical (unpaired) electrons. The number of piperazine rings is 1. The predicted molar refractivity (Wildman–Crippen MR) is 100 cm³/mol. The molecule has 1 atom stereocenters. The van der Waals surface area contributed by atoms with E-state index in [0.717, 1.165) is 12.1 Å². The minimum Gasteiger partial charge on any atom is -0.334 e. The molecule has 1 N–H and O–H groups in total. The lowest BCUT2D eigenvalue weighted by atomic mass is 10.2. The monoisotopic (exact) mass is 416 g/mol. The Hall–Kier alpha value is -2.39. The standard InChI is InChI=1S/C18H19F3N4O2.ClH/c1-11-10-24(7-6-22-11)17(27)16-15(26)8-12(2)25(23-16)14-5-3-4-13(9-14)18(19,20)21;/h3-5,8-9,11,22H,6-7,10H2,1-2H3;1H. The number of hydrogen-bond donors (Lipinski definition) is 1. The Bertz CT molecular complexity index is 930. The van der Waals surface area contributed by atoms with Gasteiger partial charge in [0.15, 0.2) is 5.69 Å². The van der Waals surface area contributed by atoms with Crippen LogP contribution >= 0.6 is 12.4 Å². The maximum atomic E-state index is 13.0. The van der Waals surface area contributed by atoms with Crippen molar-refractivity contribution in [3.63, 3.8) is 0 Å². The number of amides is 1. The third-order valence-electron chi connectivity index (χ3n) is 4.38. The molecule has 1 saturated heterocycles. The molecule has 0 spiro atoms. The Morgan fingerprint density at radius 2 is 2.00 bits per heavy atom. The molecule has 1 aliphatic rings. The fourth-order valence-electron chi connectivity index (χ4n) is 3.04. The molecule has 0 aliphatic carbocycles. The number of nitrogens with one attached hydrogen (secondary N) is 1. The summed E-state index contributed by atoms with van der Waals surface area (Å²) in [7, 11) is 0. The number of aromatic nitrogens is 2. The van der Waals surface area contributed by atoms with Crippen LogP contribution in [0.1, 0.15) is 28.7 Å². The predicted octanol–water partition coefficient (Wildman–Crippen LogP) is 2.42.